The van der Waals surface area contributed by atoms with E-state index in [0.717, 1.165) is 26.3 Å². The molecule has 0 bridgehead atoms. The van der Waals surface area contributed by atoms with Crippen molar-refractivity contribution in [3.05, 3.63) is 66.1 Å². The van der Waals surface area contributed by atoms with Crippen molar-refractivity contribution in [3.8, 4) is 0 Å². The zero-order chi connectivity index (χ0) is 16.6. The predicted octanol–water partition coefficient (Wildman–Crippen LogP) is 2.48. The number of nitrogens with zero attached hydrogens (tertiary/aromatic N) is 1. The zero-order valence-electron chi connectivity index (χ0n) is 13.6. The van der Waals surface area contributed by atoms with Gasteiger partial charge in [0.2, 0.25) is 5.91 Å². The Labute approximate surface area is 141 Å². The summed E-state index contributed by atoms with van der Waals surface area (Å²) in [5.74, 6) is 0.540. The molecule has 1 atom stereocenters. The molecule has 1 amide bonds. The number of benzene rings is 1. The lowest BCUT2D eigenvalue weighted by Gasteiger charge is -2.34. The van der Waals surface area contributed by atoms with E-state index in [1.54, 1.807) is 18.4 Å². The van der Waals surface area contributed by atoms with Crippen LogP contribution in [0.4, 0.5) is 0 Å². The normalized spacial score (nSPS) is 17.0. The van der Waals surface area contributed by atoms with Gasteiger partial charge in [0.15, 0.2) is 0 Å². The van der Waals surface area contributed by atoms with E-state index in [4.69, 9.17) is 9.15 Å². The van der Waals surface area contributed by atoms with Crippen molar-refractivity contribution in [2.24, 2.45) is 0 Å². The molecule has 1 aliphatic rings. The number of morpholine rings is 1. The van der Waals surface area contributed by atoms with Gasteiger partial charge >= 0.3 is 0 Å². The van der Waals surface area contributed by atoms with Crippen LogP contribution in [0, 0.1) is 0 Å². The monoisotopic (exact) mass is 326 g/mol. The lowest BCUT2D eigenvalue weighted by atomic mass is 10.0. The third-order valence-electron chi connectivity index (χ3n) is 4.08. The average molecular weight is 326 g/mol. The van der Waals surface area contributed by atoms with Gasteiger partial charge in [0.1, 0.15) is 5.76 Å². The molecule has 24 heavy (non-hydrogen) atoms. The Morgan fingerprint density at radius 3 is 2.67 bits per heavy atom. The first-order valence-electron chi connectivity index (χ1n) is 8.19. The lowest BCUT2D eigenvalue weighted by molar-refractivity contribution is -0.116. The summed E-state index contributed by atoms with van der Waals surface area (Å²) in [5, 5.41) is 2.99. The molecule has 2 aromatic rings. The van der Waals surface area contributed by atoms with Crippen LogP contribution in [0.15, 0.2) is 59.2 Å². The molecule has 1 aliphatic heterocycles. The van der Waals surface area contributed by atoms with E-state index in [1.165, 1.54) is 11.6 Å². The molecule has 1 fully saturated rings. The van der Waals surface area contributed by atoms with Gasteiger partial charge < -0.3 is 14.5 Å². The molecule has 0 saturated carbocycles. The molecule has 3 rings (SSSR count). The molecular formula is C19H22N2O3. The smallest absolute Gasteiger partial charge is 0.244 e. The molecule has 1 aromatic heterocycles. The average Bonchev–Trinajstić information content (AvgIpc) is 3.16. The Morgan fingerprint density at radius 1 is 1.17 bits per heavy atom. The summed E-state index contributed by atoms with van der Waals surface area (Å²) < 4.78 is 10.6. The van der Waals surface area contributed by atoms with E-state index >= 15 is 0 Å². The first-order valence-corrected chi connectivity index (χ1v) is 8.19. The van der Waals surface area contributed by atoms with Crippen molar-refractivity contribution in [1.82, 2.24) is 10.2 Å². The van der Waals surface area contributed by atoms with Gasteiger partial charge in [-0.25, -0.2) is 0 Å². The SMILES string of the molecule is O=C(C=Cc1ccco1)NCC(c1ccccc1)N1CCOCC1. The van der Waals surface area contributed by atoms with Gasteiger partial charge in [0, 0.05) is 25.7 Å². The van der Waals surface area contributed by atoms with Crippen LogP contribution in [0.2, 0.25) is 0 Å². The summed E-state index contributed by atoms with van der Waals surface area (Å²) in [4.78, 5) is 14.4. The molecule has 0 aliphatic carbocycles. The summed E-state index contributed by atoms with van der Waals surface area (Å²) in [7, 11) is 0. The fourth-order valence-electron chi connectivity index (χ4n) is 2.82. The second-order valence-corrected chi connectivity index (χ2v) is 5.67. The predicted molar refractivity (Wildman–Crippen MR) is 92.3 cm³/mol. The number of nitrogens with one attached hydrogen (secondary N) is 1. The van der Waals surface area contributed by atoms with E-state index in [0.29, 0.717) is 12.3 Å². The second kappa shape index (κ2) is 8.47. The van der Waals surface area contributed by atoms with Crippen molar-refractivity contribution in [2.75, 3.05) is 32.8 Å². The van der Waals surface area contributed by atoms with Crippen molar-refractivity contribution in [3.63, 3.8) is 0 Å². The Balaban J connectivity index is 1.62. The molecular weight excluding hydrogens is 304 g/mol. The maximum absolute atomic E-state index is 12.1. The number of carbonyl (C=O) groups is 1. The Morgan fingerprint density at radius 2 is 1.96 bits per heavy atom. The van der Waals surface area contributed by atoms with Gasteiger partial charge in [-0.05, 0) is 23.8 Å². The standard InChI is InChI=1S/C19H22N2O3/c22-19(9-8-17-7-4-12-24-17)20-15-18(16-5-2-1-3-6-16)21-10-13-23-14-11-21/h1-9,12,18H,10-11,13-15H2,(H,20,22). The zero-order valence-corrected chi connectivity index (χ0v) is 13.6. The van der Waals surface area contributed by atoms with Crippen LogP contribution in [0.3, 0.4) is 0 Å². The van der Waals surface area contributed by atoms with Crippen molar-refractivity contribution < 1.29 is 13.9 Å². The van der Waals surface area contributed by atoms with Crippen LogP contribution in [0.1, 0.15) is 17.4 Å². The van der Waals surface area contributed by atoms with Crippen molar-refractivity contribution in [2.45, 2.75) is 6.04 Å². The third kappa shape index (κ3) is 4.57. The van der Waals surface area contributed by atoms with E-state index in [2.05, 4.69) is 22.3 Å². The third-order valence-corrected chi connectivity index (χ3v) is 4.08. The van der Waals surface area contributed by atoms with Crippen LogP contribution >= 0.6 is 0 Å². The fraction of sp³-hybridized carbons (Fsp3) is 0.316. The van der Waals surface area contributed by atoms with Gasteiger partial charge in [-0.3, -0.25) is 9.69 Å². The van der Waals surface area contributed by atoms with Gasteiger partial charge in [-0.1, -0.05) is 30.3 Å². The molecule has 126 valence electrons. The van der Waals surface area contributed by atoms with E-state index in [-0.39, 0.29) is 11.9 Å². The van der Waals surface area contributed by atoms with Crippen molar-refractivity contribution in [1.29, 1.82) is 0 Å². The topological polar surface area (TPSA) is 54.7 Å². The number of furan rings is 1. The minimum absolute atomic E-state index is 0.124. The summed E-state index contributed by atoms with van der Waals surface area (Å²) in [6, 6.07) is 14.0. The Kier molecular flexibility index (Phi) is 5.82. The summed E-state index contributed by atoms with van der Waals surface area (Å²) in [5.41, 5.74) is 1.20. The second-order valence-electron chi connectivity index (χ2n) is 5.67. The highest BCUT2D eigenvalue weighted by Crippen LogP contribution is 2.21. The Hall–Kier alpha value is -2.37. The van der Waals surface area contributed by atoms with E-state index in [9.17, 15) is 4.79 Å². The first kappa shape index (κ1) is 16.5. The number of rotatable bonds is 6. The van der Waals surface area contributed by atoms with Crippen LogP contribution in [0.25, 0.3) is 6.08 Å². The van der Waals surface area contributed by atoms with Gasteiger partial charge in [-0.2, -0.15) is 0 Å². The highest BCUT2D eigenvalue weighted by Gasteiger charge is 2.22. The summed E-state index contributed by atoms with van der Waals surface area (Å²) in [6.07, 6.45) is 4.75. The molecule has 1 N–H and O–H groups in total. The number of hydrogen-bond acceptors (Lipinski definition) is 4. The summed E-state index contributed by atoms with van der Waals surface area (Å²) in [6.45, 7) is 3.77. The Bertz CT molecular complexity index is 647. The number of amides is 1. The molecule has 1 unspecified atom stereocenters. The quantitative estimate of drug-likeness (QED) is 0.829. The molecule has 5 heteroatoms. The van der Waals surface area contributed by atoms with Gasteiger partial charge in [0.05, 0.1) is 25.5 Å². The maximum Gasteiger partial charge on any atom is 0.244 e. The van der Waals surface area contributed by atoms with Crippen LogP contribution in [0.5, 0.6) is 0 Å². The minimum atomic E-state index is -0.124. The first-order chi connectivity index (χ1) is 11.8. The molecule has 0 radical (unpaired) electrons. The number of ether oxygens (including phenoxy) is 1. The van der Waals surface area contributed by atoms with E-state index < -0.39 is 0 Å². The minimum Gasteiger partial charge on any atom is -0.465 e. The van der Waals surface area contributed by atoms with Gasteiger partial charge in [-0.15, -0.1) is 0 Å². The van der Waals surface area contributed by atoms with Crippen LogP contribution in [-0.4, -0.2) is 43.7 Å². The van der Waals surface area contributed by atoms with Gasteiger partial charge in [0.25, 0.3) is 0 Å². The lowest BCUT2D eigenvalue weighted by Crippen LogP contribution is -2.43. The summed E-state index contributed by atoms with van der Waals surface area (Å²) >= 11 is 0. The maximum atomic E-state index is 12.1. The largest absolute Gasteiger partial charge is 0.465 e. The molecule has 0 spiro atoms. The molecule has 1 saturated heterocycles. The number of hydrogen-bond donors (Lipinski definition) is 1. The number of carbonyl (C=O) groups excluding carboxylic acids is 1. The molecule has 5 nitrogen and oxygen atoms in total. The highest BCUT2D eigenvalue weighted by atomic mass is 16.5. The van der Waals surface area contributed by atoms with Crippen LogP contribution in [-0.2, 0) is 9.53 Å². The molecule has 2 heterocycles. The van der Waals surface area contributed by atoms with Crippen molar-refractivity contribution >= 4 is 12.0 Å². The highest BCUT2D eigenvalue weighted by molar-refractivity contribution is 5.91. The van der Waals surface area contributed by atoms with E-state index in [1.807, 2.05) is 24.3 Å². The molecule has 1 aromatic carbocycles. The fourth-order valence-corrected chi connectivity index (χ4v) is 2.82. The van der Waals surface area contributed by atoms with Crippen LogP contribution < -0.4 is 5.32 Å².